The molecule has 4 nitrogen and oxygen atoms in total. The standard InChI is InChI=1S/C21H25NO3/c23-16-6-4-13-10-15-14-5-7-17(24)20-21(14,18(13)19(16)25-20)8-9-22(15)11-12-2-1-3-12/h4,6,12,14-15,20,23H,1-3,5,7-11H2/t14-,15+,20?,21-/m0/s1. The molecule has 3 fully saturated rings. The van der Waals surface area contributed by atoms with Gasteiger partial charge in [-0.1, -0.05) is 12.5 Å². The molecule has 2 heterocycles. The number of carbonyl (C=O) groups excluding carboxylic acids is 1. The van der Waals surface area contributed by atoms with Crippen molar-refractivity contribution in [2.45, 2.75) is 62.5 Å². The van der Waals surface area contributed by atoms with Gasteiger partial charge in [0.05, 0.1) is 0 Å². The summed E-state index contributed by atoms with van der Waals surface area (Å²) in [5.41, 5.74) is 2.33. The Morgan fingerprint density at radius 1 is 1.28 bits per heavy atom. The van der Waals surface area contributed by atoms with Crippen molar-refractivity contribution in [2.24, 2.45) is 11.8 Å². The average Bonchev–Trinajstić information content (AvgIpc) is 2.92. The van der Waals surface area contributed by atoms with Crippen LogP contribution in [-0.4, -0.2) is 41.0 Å². The predicted molar refractivity (Wildman–Crippen MR) is 93.0 cm³/mol. The van der Waals surface area contributed by atoms with Crippen LogP contribution < -0.4 is 4.74 Å². The van der Waals surface area contributed by atoms with E-state index >= 15 is 0 Å². The summed E-state index contributed by atoms with van der Waals surface area (Å²) in [6, 6.07) is 4.38. The van der Waals surface area contributed by atoms with E-state index in [0.29, 0.717) is 24.1 Å². The Bertz CT molecular complexity index is 771. The van der Waals surface area contributed by atoms with Crippen molar-refractivity contribution in [3.8, 4) is 11.5 Å². The highest BCUT2D eigenvalue weighted by Gasteiger charge is 2.65. The topological polar surface area (TPSA) is 49.8 Å². The average molecular weight is 339 g/mol. The Morgan fingerprint density at radius 3 is 2.96 bits per heavy atom. The molecular weight excluding hydrogens is 314 g/mol. The van der Waals surface area contributed by atoms with Crippen molar-refractivity contribution < 1.29 is 14.6 Å². The number of piperidine rings is 1. The fourth-order valence-corrected chi connectivity index (χ4v) is 6.64. The highest BCUT2D eigenvalue weighted by atomic mass is 16.5. The first-order valence-electron chi connectivity index (χ1n) is 9.97. The minimum absolute atomic E-state index is 0.169. The lowest BCUT2D eigenvalue weighted by atomic mass is 9.51. The highest BCUT2D eigenvalue weighted by Crippen LogP contribution is 2.63. The molecule has 1 spiro atoms. The molecule has 1 N–H and O–H groups in total. The summed E-state index contributed by atoms with van der Waals surface area (Å²) in [7, 11) is 0. The molecular formula is C21H25NO3. The molecule has 2 bridgehead atoms. The van der Waals surface area contributed by atoms with Gasteiger partial charge in [0.15, 0.2) is 23.4 Å². The fraction of sp³-hybridized carbons (Fsp3) is 0.667. The van der Waals surface area contributed by atoms with Gasteiger partial charge in [0, 0.05) is 30.0 Å². The Kier molecular flexibility index (Phi) is 2.80. The number of phenolic OH excluding ortho intramolecular Hbond substituents is 1. The maximum atomic E-state index is 12.7. The second-order valence-electron chi connectivity index (χ2n) is 8.91. The molecule has 5 aliphatic rings. The normalized spacial score (nSPS) is 38.9. The van der Waals surface area contributed by atoms with Crippen LogP contribution in [0.3, 0.4) is 0 Å². The number of carbonyl (C=O) groups is 1. The van der Waals surface area contributed by atoms with E-state index in [9.17, 15) is 9.90 Å². The number of phenols is 1. The SMILES string of the molecule is O=C1CC[C@H]2[C@H]3Cc4ccc(O)c5c4[C@@]2(CCN3CC2CCC2)C1O5. The summed E-state index contributed by atoms with van der Waals surface area (Å²) >= 11 is 0. The number of Topliss-reactive ketones (excluding diaryl/α,β-unsaturated/α-hetero) is 1. The number of hydrogen-bond donors (Lipinski definition) is 1. The lowest BCUT2D eigenvalue weighted by Crippen LogP contribution is -2.66. The third-order valence-electron chi connectivity index (χ3n) is 7.94. The van der Waals surface area contributed by atoms with Crippen molar-refractivity contribution >= 4 is 5.78 Å². The molecule has 2 aliphatic heterocycles. The summed E-state index contributed by atoms with van der Waals surface area (Å²) in [6.45, 7) is 2.30. The molecule has 1 aromatic rings. The Labute approximate surface area is 148 Å². The first-order valence-corrected chi connectivity index (χ1v) is 9.97. The molecule has 0 radical (unpaired) electrons. The van der Waals surface area contributed by atoms with Crippen molar-refractivity contribution in [2.75, 3.05) is 13.1 Å². The van der Waals surface area contributed by atoms with Crippen LogP contribution in [0.25, 0.3) is 0 Å². The summed E-state index contributed by atoms with van der Waals surface area (Å²) in [6.07, 6.45) is 7.48. The Morgan fingerprint density at radius 2 is 2.16 bits per heavy atom. The fourth-order valence-electron chi connectivity index (χ4n) is 6.64. The Balaban J connectivity index is 1.49. The van der Waals surface area contributed by atoms with Crippen molar-refractivity contribution in [1.29, 1.82) is 0 Å². The van der Waals surface area contributed by atoms with E-state index in [1.165, 1.54) is 36.9 Å². The number of hydrogen-bond acceptors (Lipinski definition) is 4. The van der Waals surface area contributed by atoms with E-state index in [4.69, 9.17) is 4.74 Å². The molecule has 4 atom stereocenters. The maximum absolute atomic E-state index is 12.7. The number of nitrogens with zero attached hydrogens (tertiary/aromatic N) is 1. The number of rotatable bonds is 2. The second-order valence-corrected chi connectivity index (χ2v) is 8.91. The molecule has 4 heteroatoms. The molecule has 132 valence electrons. The summed E-state index contributed by atoms with van der Waals surface area (Å²) in [5, 5.41) is 10.4. The molecule has 0 amide bonds. The van der Waals surface area contributed by atoms with Crippen molar-refractivity contribution in [1.82, 2.24) is 4.90 Å². The van der Waals surface area contributed by atoms with E-state index in [2.05, 4.69) is 11.0 Å². The van der Waals surface area contributed by atoms with Crippen molar-refractivity contribution in [3.05, 3.63) is 23.3 Å². The third-order valence-corrected chi connectivity index (χ3v) is 7.94. The van der Waals surface area contributed by atoms with Gasteiger partial charge in [0.1, 0.15) is 0 Å². The van der Waals surface area contributed by atoms with E-state index in [-0.39, 0.29) is 23.1 Å². The minimum atomic E-state index is -0.359. The molecule has 0 aromatic heterocycles. The van der Waals surface area contributed by atoms with Gasteiger partial charge < -0.3 is 9.84 Å². The van der Waals surface area contributed by atoms with Crippen LogP contribution in [0.4, 0.5) is 0 Å². The van der Waals surface area contributed by atoms with Crippen molar-refractivity contribution in [3.63, 3.8) is 0 Å². The number of aromatic hydroxyl groups is 1. The van der Waals surface area contributed by atoms with Gasteiger partial charge >= 0.3 is 0 Å². The largest absolute Gasteiger partial charge is 0.504 e. The zero-order chi connectivity index (χ0) is 16.8. The smallest absolute Gasteiger partial charge is 0.174 e. The van der Waals surface area contributed by atoms with Gasteiger partial charge in [-0.05, 0) is 62.1 Å². The summed E-state index contributed by atoms with van der Waals surface area (Å²) in [5.74, 6) is 2.45. The van der Waals surface area contributed by atoms with Crippen LogP contribution in [0.1, 0.15) is 49.7 Å². The number of ether oxygens (including phenoxy) is 1. The van der Waals surface area contributed by atoms with Crippen LogP contribution in [-0.2, 0) is 16.6 Å². The number of likely N-dealkylation sites (tertiary alicyclic amines) is 1. The van der Waals surface area contributed by atoms with Crippen LogP contribution in [0.15, 0.2) is 12.1 Å². The van der Waals surface area contributed by atoms with Crippen LogP contribution in [0, 0.1) is 11.8 Å². The molecule has 1 aromatic carbocycles. The van der Waals surface area contributed by atoms with Gasteiger partial charge in [0.2, 0.25) is 0 Å². The Hall–Kier alpha value is -1.55. The quantitative estimate of drug-likeness (QED) is 0.900. The van der Waals surface area contributed by atoms with E-state index in [1.807, 2.05) is 0 Å². The third kappa shape index (κ3) is 1.69. The van der Waals surface area contributed by atoms with E-state index in [1.54, 1.807) is 6.07 Å². The minimum Gasteiger partial charge on any atom is -0.504 e. The van der Waals surface area contributed by atoms with Gasteiger partial charge in [-0.25, -0.2) is 0 Å². The van der Waals surface area contributed by atoms with Gasteiger partial charge in [0.25, 0.3) is 0 Å². The molecule has 1 saturated heterocycles. The van der Waals surface area contributed by atoms with Gasteiger partial charge in [-0.2, -0.15) is 0 Å². The van der Waals surface area contributed by atoms with Crippen LogP contribution in [0.2, 0.25) is 0 Å². The lowest BCUT2D eigenvalue weighted by Gasteiger charge is -2.58. The number of benzene rings is 1. The first-order chi connectivity index (χ1) is 12.2. The van der Waals surface area contributed by atoms with Crippen LogP contribution in [0.5, 0.6) is 11.5 Å². The number of ketones is 1. The summed E-state index contributed by atoms with van der Waals surface area (Å²) < 4.78 is 6.15. The lowest BCUT2D eigenvalue weighted by molar-refractivity contribution is -0.139. The molecule has 1 unspecified atom stereocenters. The maximum Gasteiger partial charge on any atom is 0.174 e. The van der Waals surface area contributed by atoms with E-state index < -0.39 is 0 Å². The first kappa shape index (κ1) is 14.6. The predicted octanol–water partition coefficient (Wildman–Crippen LogP) is 2.80. The summed E-state index contributed by atoms with van der Waals surface area (Å²) in [4.78, 5) is 15.5. The molecule has 25 heavy (non-hydrogen) atoms. The van der Waals surface area contributed by atoms with Gasteiger partial charge in [-0.15, -0.1) is 0 Å². The molecule has 6 rings (SSSR count). The zero-order valence-corrected chi connectivity index (χ0v) is 14.5. The zero-order valence-electron chi connectivity index (χ0n) is 14.5. The second kappa shape index (κ2) is 4.79. The molecule has 3 aliphatic carbocycles. The monoisotopic (exact) mass is 339 g/mol. The molecule has 2 saturated carbocycles. The van der Waals surface area contributed by atoms with E-state index in [0.717, 1.165) is 31.7 Å². The highest BCUT2D eigenvalue weighted by molar-refractivity contribution is 5.89. The van der Waals surface area contributed by atoms with Gasteiger partial charge in [-0.3, -0.25) is 9.69 Å². The van der Waals surface area contributed by atoms with Crippen LogP contribution >= 0.6 is 0 Å².